The molecule has 3 heterocycles. The zero-order valence-corrected chi connectivity index (χ0v) is 14.1. The summed E-state index contributed by atoms with van der Waals surface area (Å²) in [7, 11) is 1.77. The van der Waals surface area contributed by atoms with Crippen LogP contribution in [0.3, 0.4) is 0 Å². The van der Waals surface area contributed by atoms with Gasteiger partial charge >= 0.3 is 0 Å². The second-order valence-corrected chi connectivity index (χ2v) is 6.90. The fourth-order valence-electron chi connectivity index (χ4n) is 3.98. The van der Waals surface area contributed by atoms with E-state index in [2.05, 4.69) is 25.0 Å². The molecule has 7 heteroatoms. The second kappa shape index (κ2) is 7.03. The Labute approximate surface area is 141 Å². The minimum atomic E-state index is 0.210. The Balaban J connectivity index is 1.46. The van der Waals surface area contributed by atoms with Gasteiger partial charge in [0.2, 0.25) is 5.89 Å². The molecule has 7 nitrogen and oxygen atoms in total. The molecule has 130 valence electrons. The molecule has 1 aliphatic carbocycles. The predicted octanol–water partition coefficient (Wildman–Crippen LogP) is 2.80. The third-order valence-corrected chi connectivity index (χ3v) is 5.32. The third kappa shape index (κ3) is 3.23. The zero-order chi connectivity index (χ0) is 16.4. The minimum Gasteiger partial charge on any atom is -0.380 e. The van der Waals surface area contributed by atoms with Gasteiger partial charge in [-0.25, -0.2) is 4.98 Å². The van der Waals surface area contributed by atoms with Crippen LogP contribution in [0.25, 0.3) is 0 Å². The van der Waals surface area contributed by atoms with Crippen molar-refractivity contribution in [1.29, 1.82) is 0 Å². The largest absolute Gasteiger partial charge is 0.380 e. The van der Waals surface area contributed by atoms with Crippen LogP contribution in [-0.4, -0.2) is 44.8 Å². The second-order valence-electron chi connectivity index (χ2n) is 6.90. The molecule has 24 heavy (non-hydrogen) atoms. The topological polar surface area (TPSA) is 80.1 Å². The van der Waals surface area contributed by atoms with Crippen molar-refractivity contribution in [2.75, 3.05) is 13.7 Å². The molecule has 0 spiro atoms. The molecule has 4 rings (SSSR count). The highest BCUT2D eigenvalue weighted by Gasteiger charge is 2.35. The van der Waals surface area contributed by atoms with Gasteiger partial charge in [0.05, 0.1) is 18.7 Å². The Morgan fingerprint density at radius 1 is 1.33 bits per heavy atom. The number of H-pyrrole nitrogens is 1. The summed E-state index contributed by atoms with van der Waals surface area (Å²) in [5.74, 6) is 3.02. The van der Waals surface area contributed by atoms with Crippen LogP contribution in [0.15, 0.2) is 16.9 Å². The molecule has 2 fully saturated rings. The first-order valence-electron chi connectivity index (χ1n) is 8.92. The number of nitrogens with one attached hydrogen (secondary N) is 1. The van der Waals surface area contributed by atoms with Gasteiger partial charge in [-0.1, -0.05) is 24.4 Å². The van der Waals surface area contributed by atoms with Crippen molar-refractivity contribution < 1.29 is 9.26 Å². The lowest BCUT2D eigenvalue weighted by Crippen LogP contribution is -2.26. The van der Waals surface area contributed by atoms with Gasteiger partial charge in [0.25, 0.3) is 0 Å². The van der Waals surface area contributed by atoms with E-state index in [1.807, 2.05) is 6.20 Å². The van der Waals surface area contributed by atoms with E-state index in [-0.39, 0.29) is 12.1 Å². The SMILES string of the molecule is CO[C@@H]1CC(c2ncc[nH]2)N(Cc2noc(C3CCCCC3)n2)C1. The summed E-state index contributed by atoms with van der Waals surface area (Å²) in [6.45, 7) is 1.52. The van der Waals surface area contributed by atoms with Crippen molar-refractivity contribution >= 4 is 0 Å². The lowest BCUT2D eigenvalue weighted by atomic mass is 9.89. The highest BCUT2D eigenvalue weighted by molar-refractivity contribution is 5.03. The number of rotatable bonds is 5. The van der Waals surface area contributed by atoms with Crippen LogP contribution in [0, 0.1) is 0 Å². The van der Waals surface area contributed by atoms with Gasteiger partial charge in [-0.3, -0.25) is 4.90 Å². The summed E-state index contributed by atoms with van der Waals surface area (Å²) in [5.41, 5.74) is 0. The Morgan fingerprint density at radius 2 is 2.21 bits per heavy atom. The number of aromatic nitrogens is 4. The van der Waals surface area contributed by atoms with E-state index in [0.717, 1.165) is 30.5 Å². The molecule has 2 aliphatic rings. The Morgan fingerprint density at radius 3 is 2.96 bits per heavy atom. The number of aromatic amines is 1. The molecule has 0 aromatic carbocycles. The first-order valence-corrected chi connectivity index (χ1v) is 8.92. The number of hydrogen-bond donors (Lipinski definition) is 1. The third-order valence-electron chi connectivity index (χ3n) is 5.32. The summed E-state index contributed by atoms with van der Waals surface area (Å²) in [5, 5.41) is 4.22. The molecular weight excluding hydrogens is 306 g/mol. The van der Waals surface area contributed by atoms with Crippen molar-refractivity contribution in [1.82, 2.24) is 25.0 Å². The Bertz CT molecular complexity index is 635. The maximum absolute atomic E-state index is 5.56. The summed E-state index contributed by atoms with van der Waals surface area (Å²) >= 11 is 0. The smallest absolute Gasteiger partial charge is 0.229 e. The highest BCUT2D eigenvalue weighted by atomic mass is 16.5. The maximum atomic E-state index is 5.56. The maximum Gasteiger partial charge on any atom is 0.229 e. The summed E-state index contributed by atoms with van der Waals surface area (Å²) in [6, 6.07) is 0.210. The highest BCUT2D eigenvalue weighted by Crippen LogP contribution is 2.34. The molecule has 2 atom stereocenters. The van der Waals surface area contributed by atoms with Crippen molar-refractivity contribution in [3.05, 3.63) is 29.9 Å². The number of imidazole rings is 1. The van der Waals surface area contributed by atoms with E-state index in [4.69, 9.17) is 9.26 Å². The number of likely N-dealkylation sites (tertiary alicyclic amines) is 1. The van der Waals surface area contributed by atoms with E-state index in [1.165, 1.54) is 32.1 Å². The molecule has 2 aromatic heterocycles. The molecule has 1 saturated heterocycles. The van der Waals surface area contributed by atoms with Gasteiger partial charge in [0.1, 0.15) is 5.82 Å². The molecular formula is C17H25N5O2. The van der Waals surface area contributed by atoms with Crippen LogP contribution in [0.2, 0.25) is 0 Å². The standard InChI is InChI=1S/C17H25N5O2/c1-23-13-9-14(16-18-7-8-19-16)22(10-13)11-15-20-17(24-21-15)12-5-3-2-4-6-12/h7-8,12-14H,2-6,9-11H2,1H3,(H,18,19)/t13-,14?/m1/s1. The van der Waals surface area contributed by atoms with E-state index >= 15 is 0 Å². The average Bonchev–Trinajstić information content (AvgIpc) is 3.36. The Kier molecular flexibility index (Phi) is 4.62. The van der Waals surface area contributed by atoms with Crippen molar-refractivity contribution in [3.8, 4) is 0 Å². The lowest BCUT2D eigenvalue weighted by Gasteiger charge is -2.20. The monoisotopic (exact) mass is 331 g/mol. The first-order chi connectivity index (χ1) is 11.8. The number of nitrogens with zero attached hydrogens (tertiary/aromatic N) is 4. The predicted molar refractivity (Wildman–Crippen MR) is 87.3 cm³/mol. The minimum absolute atomic E-state index is 0.210. The van der Waals surface area contributed by atoms with Gasteiger partial charge in [0.15, 0.2) is 5.82 Å². The van der Waals surface area contributed by atoms with E-state index in [0.29, 0.717) is 12.5 Å². The van der Waals surface area contributed by atoms with Crippen LogP contribution >= 0.6 is 0 Å². The molecule has 2 aromatic rings. The summed E-state index contributed by atoms with van der Waals surface area (Å²) in [4.78, 5) is 14.6. The van der Waals surface area contributed by atoms with Crippen LogP contribution in [0.1, 0.15) is 68.0 Å². The molecule has 1 unspecified atom stereocenters. The van der Waals surface area contributed by atoms with Gasteiger partial charge in [-0.05, 0) is 19.3 Å². The Hall–Kier alpha value is -1.73. The molecule has 0 amide bonds. The number of methoxy groups -OCH3 is 1. The quantitative estimate of drug-likeness (QED) is 0.907. The van der Waals surface area contributed by atoms with Crippen LogP contribution in [-0.2, 0) is 11.3 Å². The van der Waals surface area contributed by atoms with E-state index in [9.17, 15) is 0 Å². The first kappa shape index (κ1) is 15.8. The molecule has 1 N–H and O–H groups in total. The normalized spacial score (nSPS) is 26.2. The fraction of sp³-hybridized carbons (Fsp3) is 0.706. The van der Waals surface area contributed by atoms with Crippen molar-refractivity contribution in [2.24, 2.45) is 0 Å². The van der Waals surface area contributed by atoms with Gasteiger partial charge < -0.3 is 14.2 Å². The number of ether oxygens (including phenoxy) is 1. The molecule has 0 radical (unpaired) electrons. The van der Waals surface area contributed by atoms with E-state index in [1.54, 1.807) is 13.3 Å². The summed E-state index contributed by atoms with van der Waals surface area (Å²) < 4.78 is 11.1. The number of hydrogen-bond acceptors (Lipinski definition) is 6. The molecule has 1 aliphatic heterocycles. The molecule has 1 saturated carbocycles. The lowest BCUT2D eigenvalue weighted by molar-refractivity contribution is 0.106. The molecule has 0 bridgehead atoms. The average molecular weight is 331 g/mol. The van der Waals surface area contributed by atoms with Crippen LogP contribution < -0.4 is 0 Å². The van der Waals surface area contributed by atoms with Gasteiger partial charge in [-0.2, -0.15) is 4.98 Å². The fourth-order valence-corrected chi connectivity index (χ4v) is 3.98. The van der Waals surface area contributed by atoms with E-state index < -0.39 is 0 Å². The van der Waals surface area contributed by atoms with Gasteiger partial charge in [-0.15, -0.1) is 0 Å². The van der Waals surface area contributed by atoms with Crippen LogP contribution in [0.4, 0.5) is 0 Å². The zero-order valence-electron chi connectivity index (χ0n) is 14.1. The van der Waals surface area contributed by atoms with Crippen molar-refractivity contribution in [3.63, 3.8) is 0 Å². The summed E-state index contributed by atoms with van der Waals surface area (Å²) in [6.07, 6.45) is 11.0. The van der Waals surface area contributed by atoms with Crippen LogP contribution in [0.5, 0.6) is 0 Å². The van der Waals surface area contributed by atoms with Gasteiger partial charge in [0, 0.05) is 32.0 Å². The van der Waals surface area contributed by atoms with Crippen molar-refractivity contribution in [2.45, 2.75) is 63.1 Å².